The summed E-state index contributed by atoms with van der Waals surface area (Å²) in [6.45, 7) is 0.460. The quantitative estimate of drug-likeness (QED) is 0.615. The molecule has 0 aromatic carbocycles. The highest BCUT2D eigenvalue weighted by Crippen LogP contribution is 2.04. The van der Waals surface area contributed by atoms with Gasteiger partial charge >= 0.3 is 5.97 Å². The molecule has 1 aromatic rings. The van der Waals surface area contributed by atoms with Crippen molar-refractivity contribution in [1.82, 2.24) is 9.71 Å². The molecule has 19 heavy (non-hydrogen) atoms. The van der Waals surface area contributed by atoms with Gasteiger partial charge in [-0.2, -0.15) is 0 Å². The Morgan fingerprint density at radius 2 is 2.00 bits per heavy atom. The third kappa shape index (κ3) is 5.33. The van der Waals surface area contributed by atoms with Crippen molar-refractivity contribution in [3.8, 4) is 0 Å². The Balaban J connectivity index is 2.51. The average molecular weight is 288 g/mol. The van der Waals surface area contributed by atoms with Gasteiger partial charge in [0.15, 0.2) is 5.60 Å². The van der Waals surface area contributed by atoms with E-state index in [0.29, 0.717) is 0 Å². The molecule has 8 heteroatoms. The molecule has 0 amide bonds. The molecular weight excluding hydrogens is 272 g/mol. The van der Waals surface area contributed by atoms with Crippen LogP contribution in [0, 0.1) is 0 Å². The lowest BCUT2D eigenvalue weighted by atomic mass is 10.1. The zero-order valence-electron chi connectivity index (χ0n) is 10.4. The summed E-state index contributed by atoms with van der Waals surface area (Å²) in [4.78, 5) is 14.4. The molecule has 0 fully saturated rings. The molecule has 0 radical (unpaired) electrons. The largest absolute Gasteiger partial charge is 0.479 e. The molecule has 1 rings (SSSR count). The number of sulfonamides is 1. The fourth-order valence-corrected chi connectivity index (χ4v) is 2.35. The minimum atomic E-state index is -3.64. The van der Waals surface area contributed by atoms with Gasteiger partial charge in [0.05, 0.1) is 5.75 Å². The molecule has 1 heterocycles. The van der Waals surface area contributed by atoms with Crippen molar-refractivity contribution in [3.05, 3.63) is 30.1 Å². The number of aryl methyl sites for hydroxylation is 1. The van der Waals surface area contributed by atoms with E-state index < -0.39 is 28.1 Å². The molecule has 0 saturated carbocycles. The first-order valence-electron chi connectivity index (χ1n) is 5.55. The molecule has 1 aromatic heterocycles. The van der Waals surface area contributed by atoms with Crippen molar-refractivity contribution in [2.24, 2.45) is 0 Å². The Kier molecular flexibility index (Phi) is 4.98. The molecule has 106 valence electrons. The van der Waals surface area contributed by atoms with Crippen LogP contribution in [0.1, 0.15) is 12.5 Å². The number of carboxylic acids is 1. The van der Waals surface area contributed by atoms with Crippen LogP contribution in [0.3, 0.4) is 0 Å². The second-order valence-electron chi connectivity index (χ2n) is 4.32. The molecule has 1 unspecified atom stereocenters. The van der Waals surface area contributed by atoms with Gasteiger partial charge in [-0.25, -0.2) is 17.9 Å². The van der Waals surface area contributed by atoms with Gasteiger partial charge in [0, 0.05) is 18.9 Å². The van der Waals surface area contributed by atoms with Crippen LogP contribution in [0.15, 0.2) is 24.5 Å². The molecule has 1 atom stereocenters. The van der Waals surface area contributed by atoms with Crippen molar-refractivity contribution in [2.75, 3.05) is 12.3 Å². The van der Waals surface area contributed by atoms with Crippen LogP contribution in [0.2, 0.25) is 0 Å². The Morgan fingerprint density at radius 3 is 2.53 bits per heavy atom. The number of hydrogen-bond donors (Lipinski definition) is 3. The van der Waals surface area contributed by atoms with E-state index in [1.807, 2.05) is 0 Å². The Morgan fingerprint density at radius 1 is 1.42 bits per heavy atom. The van der Waals surface area contributed by atoms with Gasteiger partial charge < -0.3 is 10.2 Å². The summed E-state index contributed by atoms with van der Waals surface area (Å²) in [5.41, 5.74) is -1.31. The number of pyridine rings is 1. The number of rotatable bonds is 7. The molecule has 0 aliphatic carbocycles. The van der Waals surface area contributed by atoms with E-state index in [0.717, 1.165) is 12.5 Å². The number of nitrogens with one attached hydrogen (secondary N) is 1. The molecule has 0 bridgehead atoms. The monoisotopic (exact) mass is 288 g/mol. The second-order valence-corrected chi connectivity index (χ2v) is 6.25. The molecule has 0 aliphatic rings. The lowest BCUT2D eigenvalue weighted by Gasteiger charge is -2.18. The van der Waals surface area contributed by atoms with Crippen molar-refractivity contribution in [1.29, 1.82) is 0 Å². The number of nitrogens with zero attached hydrogens (tertiary/aromatic N) is 1. The van der Waals surface area contributed by atoms with E-state index in [1.54, 1.807) is 24.5 Å². The Labute approximate surface area is 111 Å². The summed E-state index contributed by atoms with van der Waals surface area (Å²) in [7, 11) is -3.64. The highest BCUT2D eigenvalue weighted by Gasteiger charge is 2.31. The van der Waals surface area contributed by atoms with Crippen molar-refractivity contribution >= 4 is 16.0 Å². The van der Waals surface area contributed by atoms with Gasteiger partial charge in [0.1, 0.15) is 0 Å². The summed E-state index contributed by atoms with van der Waals surface area (Å²) in [6.07, 6.45) is 3.41. The normalized spacial score (nSPS) is 14.8. The maximum absolute atomic E-state index is 11.6. The number of hydrogen-bond acceptors (Lipinski definition) is 5. The predicted octanol–water partition coefficient (Wildman–Crippen LogP) is -0.621. The Bertz CT molecular complexity index is 527. The van der Waals surface area contributed by atoms with Crippen LogP contribution in [0.25, 0.3) is 0 Å². The number of carbonyl (C=O) groups is 1. The molecule has 0 spiro atoms. The lowest BCUT2D eigenvalue weighted by Crippen LogP contribution is -2.47. The zero-order chi connectivity index (χ0) is 14.5. The molecule has 0 aliphatic heterocycles. The van der Waals surface area contributed by atoms with E-state index in [9.17, 15) is 18.3 Å². The maximum atomic E-state index is 11.6. The first-order chi connectivity index (χ1) is 8.73. The van der Waals surface area contributed by atoms with Gasteiger partial charge in [-0.05, 0) is 31.0 Å². The highest BCUT2D eigenvalue weighted by atomic mass is 32.2. The smallest absolute Gasteiger partial charge is 0.336 e. The van der Waals surface area contributed by atoms with E-state index in [1.165, 1.54) is 0 Å². The van der Waals surface area contributed by atoms with E-state index in [-0.39, 0.29) is 12.2 Å². The van der Waals surface area contributed by atoms with Crippen molar-refractivity contribution in [2.45, 2.75) is 18.9 Å². The number of aliphatic hydroxyl groups is 1. The van der Waals surface area contributed by atoms with Crippen molar-refractivity contribution in [3.63, 3.8) is 0 Å². The van der Waals surface area contributed by atoms with Crippen molar-refractivity contribution < 1.29 is 23.4 Å². The average Bonchev–Trinajstić information content (AvgIpc) is 2.36. The molecule has 3 N–H and O–H groups in total. The van der Waals surface area contributed by atoms with Crippen LogP contribution in [0.4, 0.5) is 0 Å². The van der Waals surface area contributed by atoms with Crippen LogP contribution in [-0.4, -0.2) is 47.5 Å². The van der Waals surface area contributed by atoms with Crippen LogP contribution >= 0.6 is 0 Å². The van der Waals surface area contributed by atoms with Gasteiger partial charge in [-0.1, -0.05) is 0 Å². The van der Waals surface area contributed by atoms with Gasteiger partial charge in [0.25, 0.3) is 0 Å². The van der Waals surface area contributed by atoms with Gasteiger partial charge in [-0.15, -0.1) is 0 Å². The standard InChI is InChI=1S/C11H16N2O5S/c1-11(16,10(14)15)8-13-19(17,18)7-4-9-2-5-12-6-3-9/h2-3,5-6,13,16H,4,7-8H2,1H3,(H,14,15). The van der Waals surface area contributed by atoms with Gasteiger partial charge in [0.2, 0.25) is 10.0 Å². The fraction of sp³-hybridized carbons (Fsp3) is 0.455. The van der Waals surface area contributed by atoms with Crippen LogP contribution in [0.5, 0.6) is 0 Å². The summed E-state index contributed by atoms with van der Waals surface area (Å²) in [5.74, 6) is -1.67. The third-order valence-electron chi connectivity index (χ3n) is 2.51. The topological polar surface area (TPSA) is 117 Å². The van der Waals surface area contributed by atoms with E-state index in [2.05, 4.69) is 9.71 Å². The summed E-state index contributed by atoms with van der Waals surface area (Å²) < 4.78 is 25.4. The van der Waals surface area contributed by atoms with Crippen LogP contribution in [-0.2, 0) is 21.2 Å². The minimum absolute atomic E-state index is 0.188. The molecule has 7 nitrogen and oxygen atoms in total. The van der Waals surface area contributed by atoms with E-state index in [4.69, 9.17) is 5.11 Å². The van der Waals surface area contributed by atoms with E-state index >= 15 is 0 Å². The first-order valence-corrected chi connectivity index (χ1v) is 7.20. The molecular formula is C11H16N2O5S. The first kappa shape index (κ1) is 15.5. The molecule has 0 saturated heterocycles. The number of aromatic nitrogens is 1. The van der Waals surface area contributed by atoms with Crippen LogP contribution < -0.4 is 4.72 Å². The lowest BCUT2D eigenvalue weighted by molar-refractivity contribution is -0.155. The summed E-state index contributed by atoms with van der Waals surface area (Å²) in [5, 5.41) is 18.1. The highest BCUT2D eigenvalue weighted by molar-refractivity contribution is 7.89. The summed E-state index contributed by atoms with van der Waals surface area (Å²) >= 11 is 0. The zero-order valence-corrected chi connectivity index (χ0v) is 11.2. The predicted molar refractivity (Wildman–Crippen MR) is 68.0 cm³/mol. The maximum Gasteiger partial charge on any atom is 0.336 e. The second kappa shape index (κ2) is 6.09. The number of carboxylic acid groups (broad SMARTS) is 1. The fourth-order valence-electron chi connectivity index (χ4n) is 1.20. The third-order valence-corrected chi connectivity index (χ3v) is 3.83. The SMILES string of the molecule is CC(O)(CNS(=O)(=O)CCc1ccncc1)C(=O)O. The Hall–Kier alpha value is -1.51. The number of aliphatic carboxylic acids is 1. The minimum Gasteiger partial charge on any atom is -0.479 e. The van der Waals surface area contributed by atoms with Gasteiger partial charge in [-0.3, -0.25) is 4.98 Å². The summed E-state index contributed by atoms with van der Waals surface area (Å²) in [6, 6.07) is 3.39.